The molecule has 1 atom stereocenters. The Balaban J connectivity index is 3.11. The van der Waals surface area contributed by atoms with Gasteiger partial charge in [0.15, 0.2) is 0 Å². The van der Waals surface area contributed by atoms with Crippen LogP contribution in [0.25, 0.3) is 0 Å². The van der Waals surface area contributed by atoms with Crippen LogP contribution in [0.2, 0.25) is 0 Å². The van der Waals surface area contributed by atoms with E-state index in [4.69, 9.17) is 0 Å². The van der Waals surface area contributed by atoms with Crippen LogP contribution in [0.15, 0.2) is 28.7 Å². The highest BCUT2D eigenvalue weighted by atomic mass is 79.9. The molecule has 0 heterocycles. The van der Waals surface area contributed by atoms with Crippen molar-refractivity contribution in [2.24, 2.45) is 0 Å². The lowest BCUT2D eigenvalue weighted by Crippen LogP contribution is -2.49. The highest BCUT2D eigenvalue weighted by Crippen LogP contribution is 2.23. The van der Waals surface area contributed by atoms with Crippen molar-refractivity contribution in [1.29, 1.82) is 0 Å². The van der Waals surface area contributed by atoms with Crippen LogP contribution in [0.3, 0.4) is 0 Å². The second-order valence-electron chi connectivity index (χ2n) is 4.24. The SMILES string of the molecule is CC(C)NC(C)(C(=O)O)c1ccc(Br)cc1. The number of carboxylic acids is 1. The molecule has 0 aliphatic rings. The molecule has 0 bridgehead atoms. The molecule has 0 saturated carbocycles. The quantitative estimate of drug-likeness (QED) is 0.894. The molecule has 16 heavy (non-hydrogen) atoms. The standard InChI is InChI=1S/C12H16BrNO2/c1-8(2)14-12(3,11(15)16)9-4-6-10(13)7-5-9/h4-8,14H,1-3H3,(H,15,16). The topological polar surface area (TPSA) is 49.3 Å². The Labute approximate surface area is 104 Å². The molecule has 3 nitrogen and oxygen atoms in total. The molecule has 2 N–H and O–H groups in total. The number of rotatable bonds is 4. The van der Waals surface area contributed by atoms with Crippen LogP contribution in [0.1, 0.15) is 26.3 Å². The molecule has 0 radical (unpaired) electrons. The molecule has 1 aromatic rings. The Bertz CT molecular complexity index is 375. The van der Waals surface area contributed by atoms with Crippen LogP contribution in [-0.4, -0.2) is 17.1 Å². The third kappa shape index (κ3) is 2.83. The Hall–Kier alpha value is -0.870. The van der Waals surface area contributed by atoms with E-state index in [0.717, 1.165) is 10.0 Å². The van der Waals surface area contributed by atoms with Crippen molar-refractivity contribution >= 4 is 21.9 Å². The predicted octanol–water partition coefficient (Wildman–Crippen LogP) is 2.75. The lowest BCUT2D eigenvalue weighted by molar-refractivity contribution is -0.144. The first kappa shape index (κ1) is 13.2. The largest absolute Gasteiger partial charge is 0.480 e. The van der Waals surface area contributed by atoms with Gasteiger partial charge in [-0.15, -0.1) is 0 Å². The van der Waals surface area contributed by atoms with E-state index in [-0.39, 0.29) is 6.04 Å². The second-order valence-corrected chi connectivity index (χ2v) is 5.15. The summed E-state index contributed by atoms with van der Waals surface area (Å²) in [4.78, 5) is 11.4. The van der Waals surface area contributed by atoms with Crippen molar-refractivity contribution in [3.63, 3.8) is 0 Å². The van der Waals surface area contributed by atoms with E-state index in [1.165, 1.54) is 0 Å². The molecule has 0 spiro atoms. The van der Waals surface area contributed by atoms with Gasteiger partial charge in [0.2, 0.25) is 0 Å². The number of carboxylic acid groups (broad SMARTS) is 1. The summed E-state index contributed by atoms with van der Waals surface area (Å²) in [6, 6.07) is 7.42. The fraction of sp³-hybridized carbons (Fsp3) is 0.417. The number of hydrogen-bond acceptors (Lipinski definition) is 2. The van der Waals surface area contributed by atoms with E-state index in [9.17, 15) is 9.90 Å². The van der Waals surface area contributed by atoms with Gasteiger partial charge in [0.05, 0.1) is 0 Å². The zero-order valence-corrected chi connectivity index (χ0v) is 11.2. The number of nitrogens with one attached hydrogen (secondary N) is 1. The summed E-state index contributed by atoms with van der Waals surface area (Å²) in [5, 5.41) is 12.4. The molecule has 0 amide bonds. The molecule has 1 aromatic carbocycles. The van der Waals surface area contributed by atoms with Crippen molar-refractivity contribution in [1.82, 2.24) is 5.32 Å². The van der Waals surface area contributed by atoms with Gasteiger partial charge in [-0.2, -0.15) is 0 Å². The van der Waals surface area contributed by atoms with Gasteiger partial charge in [-0.1, -0.05) is 28.1 Å². The minimum atomic E-state index is -1.05. The Kier molecular flexibility index (Phi) is 4.10. The van der Waals surface area contributed by atoms with E-state index < -0.39 is 11.5 Å². The molecular weight excluding hydrogens is 270 g/mol. The van der Waals surface area contributed by atoms with Gasteiger partial charge in [-0.05, 0) is 38.5 Å². The first-order chi connectivity index (χ1) is 7.36. The second kappa shape index (κ2) is 4.97. The monoisotopic (exact) mass is 285 g/mol. The van der Waals surface area contributed by atoms with Gasteiger partial charge >= 0.3 is 5.97 Å². The number of halogens is 1. The molecule has 0 fully saturated rings. The van der Waals surface area contributed by atoms with E-state index in [0.29, 0.717) is 0 Å². The number of carbonyl (C=O) groups is 1. The molecule has 0 aromatic heterocycles. The Morgan fingerprint density at radius 3 is 2.25 bits per heavy atom. The van der Waals surface area contributed by atoms with Gasteiger partial charge < -0.3 is 5.11 Å². The van der Waals surface area contributed by atoms with Crippen LogP contribution in [0, 0.1) is 0 Å². The van der Waals surface area contributed by atoms with E-state index >= 15 is 0 Å². The number of hydrogen-bond donors (Lipinski definition) is 2. The van der Waals surface area contributed by atoms with Crippen molar-refractivity contribution in [3.05, 3.63) is 34.3 Å². The van der Waals surface area contributed by atoms with Crippen LogP contribution in [0.4, 0.5) is 0 Å². The smallest absolute Gasteiger partial charge is 0.328 e. The average molecular weight is 286 g/mol. The van der Waals surface area contributed by atoms with Crippen LogP contribution in [0.5, 0.6) is 0 Å². The molecule has 4 heteroatoms. The van der Waals surface area contributed by atoms with Gasteiger partial charge in [0, 0.05) is 10.5 Å². The molecule has 0 aliphatic heterocycles. The minimum Gasteiger partial charge on any atom is -0.480 e. The zero-order valence-electron chi connectivity index (χ0n) is 9.62. The third-order valence-corrected chi connectivity index (χ3v) is 2.96. The molecule has 88 valence electrons. The number of aliphatic carboxylic acids is 1. The highest BCUT2D eigenvalue weighted by Gasteiger charge is 2.35. The first-order valence-corrected chi connectivity index (χ1v) is 5.92. The fourth-order valence-corrected chi connectivity index (χ4v) is 1.89. The Morgan fingerprint density at radius 1 is 1.38 bits per heavy atom. The summed E-state index contributed by atoms with van der Waals surface area (Å²) in [5.74, 6) is -0.872. The van der Waals surface area contributed by atoms with Crippen LogP contribution in [-0.2, 0) is 10.3 Å². The van der Waals surface area contributed by atoms with Crippen LogP contribution < -0.4 is 5.32 Å². The maximum atomic E-state index is 11.4. The van der Waals surface area contributed by atoms with Crippen molar-refractivity contribution < 1.29 is 9.90 Å². The molecule has 0 aliphatic carbocycles. The predicted molar refractivity (Wildman–Crippen MR) is 67.4 cm³/mol. The highest BCUT2D eigenvalue weighted by molar-refractivity contribution is 9.10. The fourth-order valence-electron chi connectivity index (χ4n) is 1.63. The zero-order chi connectivity index (χ0) is 12.3. The van der Waals surface area contributed by atoms with E-state index in [2.05, 4.69) is 21.2 Å². The summed E-state index contributed by atoms with van der Waals surface area (Å²) >= 11 is 3.33. The molecule has 1 rings (SSSR count). The van der Waals surface area contributed by atoms with Crippen molar-refractivity contribution in [3.8, 4) is 0 Å². The summed E-state index contributed by atoms with van der Waals surface area (Å²) in [6.07, 6.45) is 0. The lowest BCUT2D eigenvalue weighted by Gasteiger charge is -2.29. The summed E-state index contributed by atoms with van der Waals surface area (Å²) in [5.41, 5.74) is -0.300. The van der Waals surface area contributed by atoms with Gasteiger partial charge in [0.25, 0.3) is 0 Å². The Morgan fingerprint density at radius 2 is 1.88 bits per heavy atom. The molecule has 0 saturated heterocycles. The lowest BCUT2D eigenvalue weighted by atomic mass is 9.91. The maximum absolute atomic E-state index is 11.4. The average Bonchev–Trinajstić information content (AvgIpc) is 2.17. The molecule has 1 unspecified atom stereocenters. The van der Waals surface area contributed by atoms with Crippen molar-refractivity contribution in [2.75, 3.05) is 0 Å². The summed E-state index contributed by atoms with van der Waals surface area (Å²) < 4.78 is 0.938. The number of benzene rings is 1. The first-order valence-electron chi connectivity index (χ1n) is 5.13. The van der Waals surface area contributed by atoms with E-state index in [1.807, 2.05) is 38.1 Å². The van der Waals surface area contributed by atoms with Crippen LogP contribution >= 0.6 is 15.9 Å². The summed E-state index contributed by atoms with van der Waals surface area (Å²) in [7, 11) is 0. The third-order valence-electron chi connectivity index (χ3n) is 2.43. The maximum Gasteiger partial charge on any atom is 0.328 e. The van der Waals surface area contributed by atoms with Gasteiger partial charge in [0.1, 0.15) is 5.54 Å². The summed E-state index contributed by atoms with van der Waals surface area (Å²) in [6.45, 7) is 5.54. The molecular formula is C12H16BrNO2. The van der Waals surface area contributed by atoms with Gasteiger partial charge in [-0.25, -0.2) is 4.79 Å². The van der Waals surface area contributed by atoms with Gasteiger partial charge in [-0.3, -0.25) is 5.32 Å². The van der Waals surface area contributed by atoms with E-state index in [1.54, 1.807) is 6.92 Å². The minimum absolute atomic E-state index is 0.102. The van der Waals surface area contributed by atoms with Crippen molar-refractivity contribution in [2.45, 2.75) is 32.4 Å². The normalized spacial score (nSPS) is 14.8.